The molecule has 9 heteroatoms. The van der Waals surface area contributed by atoms with Crippen LogP contribution in [-0.2, 0) is 14.3 Å². The van der Waals surface area contributed by atoms with Crippen LogP contribution in [0.2, 0.25) is 0 Å². The third kappa shape index (κ3) is 3.49. The van der Waals surface area contributed by atoms with Gasteiger partial charge in [0, 0.05) is 33.4 Å². The van der Waals surface area contributed by atoms with E-state index in [2.05, 4.69) is 15.3 Å². The first-order valence-electron chi connectivity index (χ1n) is 8.65. The van der Waals surface area contributed by atoms with Gasteiger partial charge in [0.1, 0.15) is 0 Å². The van der Waals surface area contributed by atoms with Gasteiger partial charge in [-0.1, -0.05) is 0 Å². The van der Waals surface area contributed by atoms with Crippen LogP contribution in [0.25, 0.3) is 0 Å². The predicted octanol–water partition coefficient (Wildman–Crippen LogP) is -0.131. The molecule has 2 aliphatic rings. The number of ether oxygens (including phenoxy) is 3. The van der Waals surface area contributed by atoms with E-state index in [0.29, 0.717) is 51.4 Å². The molecule has 1 aromatic heterocycles. The predicted molar refractivity (Wildman–Crippen MR) is 90.8 cm³/mol. The lowest BCUT2D eigenvalue weighted by Crippen LogP contribution is -2.58. The summed E-state index contributed by atoms with van der Waals surface area (Å²) in [7, 11) is 3.10. The van der Waals surface area contributed by atoms with E-state index in [1.807, 2.05) is 0 Å². The summed E-state index contributed by atoms with van der Waals surface area (Å²) in [5.41, 5.74) is -0.728. The second kappa shape index (κ2) is 7.96. The third-order valence-electron chi connectivity index (χ3n) is 5.00. The highest BCUT2D eigenvalue weighted by atomic mass is 16.5. The van der Waals surface area contributed by atoms with Crippen LogP contribution in [0.15, 0.2) is 12.4 Å². The summed E-state index contributed by atoms with van der Waals surface area (Å²) in [4.78, 5) is 35.4. The minimum Gasteiger partial charge on any atom is -0.494 e. The molecule has 0 saturated carbocycles. The zero-order chi connectivity index (χ0) is 18.6. The second-order valence-electron chi connectivity index (χ2n) is 6.48. The van der Waals surface area contributed by atoms with Gasteiger partial charge < -0.3 is 24.4 Å². The Kier molecular flexibility index (Phi) is 5.67. The quantitative estimate of drug-likeness (QED) is 0.701. The molecule has 2 amide bonds. The molecule has 2 fully saturated rings. The van der Waals surface area contributed by atoms with Crippen molar-refractivity contribution in [3.63, 3.8) is 0 Å². The fourth-order valence-electron chi connectivity index (χ4n) is 3.56. The molecular formula is C17H24N4O5. The molecular weight excluding hydrogens is 340 g/mol. The van der Waals surface area contributed by atoms with Crippen molar-refractivity contribution in [3.05, 3.63) is 18.2 Å². The van der Waals surface area contributed by atoms with Gasteiger partial charge in [-0.3, -0.25) is 9.59 Å². The minimum atomic E-state index is -0.728. The molecule has 2 atom stereocenters. The molecule has 2 aliphatic heterocycles. The van der Waals surface area contributed by atoms with Crippen LogP contribution >= 0.6 is 0 Å². The van der Waals surface area contributed by atoms with E-state index in [9.17, 15) is 9.59 Å². The fraction of sp³-hybridized carbons (Fsp3) is 0.647. The molecule has 0 spiro atoms. The largest absolute Gasteiger partial charge is 0.494 e. The summed E-state index contributed by atoms with van der Waals surface area (Å²) >= 11 is 0. The number of nitrogens with one attached hydrogen (secondary N) is 1. The molecule has 9 nitrogen and oxygen atoms in total. The van der Waals surface area contributed by atoms with Crippen LogP contribution in [-0.4, -0.2) is 79.9 Å². The number of amides is 2. The van der Waals surface area contributed by atoms with Gasteiger partial charge in [0.15, 0.2) is 5.75 Å². The van der Waals surface area contributed by atoms with E-state index in [4.69, 9.17) is 14.2 Å². The average molecular weight is 364 g/mol. The number of likely N-dealkylation sites (tertiary alicyclic amines) is 1. The average Bonchev–Trinajstić information content (AvgIpc) is 3.12. The Morgan fingerprint density at radius 2 is 2.15 bits per heavy atom. The van der Waals surface area contributed by atoms with Crippen molar-refractivity contribution in [2.75, 3.05) is 47.1 Å². The number of fused-ring (bicyclic) bond motifs is 1. The van der Waals surface area contributed by atoms with E-state index in [1.165, 1.54) is 19.5 Å². The van der Waals surface area contributed by atoms with E-state index >= 15 is 0 Å². The van der Waals surface area contributed by atoms with E-state index in [-0.39, 0.29) is 23.7 Å². The van der Waals surface area contributed by atoms with Crippen molar-refractivity contribution in [3.8, 4) is 5.75 Å². The lowest BCUT2D eigenvalue weighted by Gasteiger charge is -2.42. The van der Waals surface area contributed by atoms with E-state index in [0.717, 1.165) is 0 Å². The second-order valence-corrected chi connectivity index (χ2v) is 6.48. The number of carbonyl (C=O) groups excluding carboxylic acids is 2. The topological polar surface area (TPSA) is 103 Å². The number of aromatic nitrogens is 2. The molecule has 1 aromatic rings. The third-order valence-corrected chi connectivity index (χ3v) is 5.00. The summed E-state index contributed by atoms with van der Waals surface area (Å²) < 4.78 is 15.8. The first kappa shape index (κ1) is 18.5. The molecule has 0 bridgehead atoms. The number of methoxy groups -OCH3 is 2. The molecule has 26 heavy (non-hydrogen) atoms. The number of hydrogen-bond acceptors (Lipinski definition) is 7. The SMILES string of the molecule is COCCNC(=O)[C@@]12CCO[C@@H]1CCN(C(=O)c1ncc(OC)cn1)C2. The highest BCUT2D eigenvalue weighted by molar-refractivity contribution is 5.92. The van der Waals surface area contributed by atoms with Gasteiger partial charge in [-0.25, -0.2) is 9.97 Å². The summed E-state index contributed by atoms with van der Waals surface area (Å²) in [6.07, 6.45) is 3.94. The number of piperidine rings is 1. The maximum Gasteiger partial charge on any atom is 0.291 e. The first-order valence-corrected chi connectivity index (χ1v) is 8.65. The van der Waals surface area contributed by atoms with Crippen molar-refractivity contribution >= 4 is 11.8 Å². The monoisotopic (exact) mass is 364 g/mol. The molecule has 0 aliphatic carbocycles. The summed E-state index contributed by atoms with van der Waals surface area (Å²) in [5, 5.41) is 2.90. The number of nitrogens with zero attached hydrogens (tertiary/aromatic N) is 3. The highest BCUT2D eigenvalue weighted by Crippen LogP contribution is 2.41. The highest BCUT2D eigenvalue weighted by Gasteiger charge is 2.54. The van der Waals surface area contributed by atoms with E-state index in [1.54, 1.807) is 12.0 Å². The van der Waals surface area contributed by atoms with Crippen molar-refractivity contribution in [2.24, 2.45) is 5.41 Å². The Hall–Kier alpha value is -2.26. The van der Waals surface area contributed by atoms with Gasteiger partial charge in [-0.05, 0) is 12.8 Å². The van der Waals surface area contributed by atoms with Crippen molar-refractivity contribution in [1.82, 2.24) is 20.2 Å². The van der Waals surface area contributed by atoms with Gasteiger partial charge in [0.2, 0.25) is 11.7 Å². The first-order chi connectivity index (χ1) is 12.6. The maximum absolute atomic E-state index is 12.8. The molecule has 0 unspecified atom stereocenters. The summed E-state index contributed by atoms with van der Waals surface area (Å²) in [6, 6.07) is 0. The Bertz CT molecular complexity index is 653. The Morgan fingerprint density at radius 1 is 1.38 bits per heavy atom. The van der Waals surface area contributed by atoms with Crippen LogP contribution in [0.1, 0.15) is 23.5 Å². The van der Waals surface area contributed by atoms with Crippen molar-refractivity contribution in [1.29, 1.82) is 0 Å². The van der Waals surface area contributed by atoms with Crippen molar-refractivity contribution < 1.29 is 23.8 Å². The van der Waals surface area contributed by atoms with Gasteiger partial charge >= 0.3 is 0 Å². The Labute approximate surface area is 152 Å². The molecule has 3 rings (SSSR count). The lowest BCUT2D eigenvalue weighted by molar-refractivity contribution is -0.138. The van der Waals surface area contributed by atoms with Crippen molar-refractivity contribution in [2.45, 2.75) is 18.9 Å². The summed E-state index contributed by atoms with van der Waals surface area (Å²) in [6.45, 7) is 2.19. The fourth-order valence-corrected chi connectivity index (χ4v) is 3.56. The van der Waals surface area contributed by atoms with Gasteiger partial charge in [-0.15, -0.1) is 0 Å². The van der Waals surface area contributed by atoms with Crippen LogP contribution < -0.4 is 10.1 Å². The van der Waals surface area contributed by atoms with Gasteiger partial charge in [0.05, 0.1) is 37.6 Å². The van der Waals surface area contributed by atoms with Gasteiger partial charge in [0.25, 0.3) is 5.91 Å². The lowest BCUT2D eigenvalue weighted by atomic mass is 9.75. The normalized spacial score (nSPS) is 24.8. The molecule has 3 heterocycles. The number of hydrogen-bond donors (Lipinski definition) is 1. The Balaban J connectivity index is 1.73. The standard InChI is InChI=1S/C17H24N4O5/c1-24-8-5-18-16(23)17-4-7-26-13(17)3-6-21(11-17)15(22)14-19-9-12(25-2)10-20-14/h9-10,13H,3-8,11H2,1-2H3,(H,18,23)/t13-,17-/m1/s1. The van der Waals surface area contributed by atoms with Crippen LogP contribution in [0.3, 0.4) is 0 Å². The smallest absolute Gasteiger partial charge is 0.291 e. The van der Waals surface area contributed by atoms with Crippen LogP contribution in [0, 0.1) is 5.41 Å². The molecule has 0 aromatic carbocycles. The molecule has 2 saturated heterocycles. The number of carbonyl (C=O) groups is 2. The molecule has 1 N–H and O–H groups in total. The minimum absolute atomic E-state index is 0.0924. The molecule has 0 radical (unpaired) electrons. The zero-order valence-corrected chi connectivity index (χ0v) is 15.1. The summed E-state index contributed by atoms with van der Waals surface area (Å²) in [5.74, 6) is 0.198. The molecule has 142 valence electrons. The van der Waals surface area contributed by atoms with Crippen LogP contribution in [0.4, 0.5) is 0 Å². The van der Waals surface area contributed by atoms with E-state index < -0.39 is 5.41 Å². The van der Waals surface area contributed by atoms with Crippen LogP contribution in [0.5, 0.6) is 5.75 Å². The zero-order valence-electron chi connectivity index (χ0n) is 15.1. The maximum atomic E-state index is 12.8. The van der Waals surface area contributed by atoms with Gasteiger partial charge in [-0.2, -0.15) is 0 Å². The number of rotatable bonds is 6. The Morgan fingerprint density at radius 3 is 2.85 bits per heavy atom.